The van der Waals surface area contributed by atoms with Crippen LogP contribution in [0.4, 0.5) is 5.69 Å². The summed E-state index contributed by atoms with van der Waals surface area (Å²) in [4.78, 5) is 27.9. The molecule has 9 heteroatoms. The molecule has 3 rings (SSSR count). The summed E-state index contributed by atoms with van der Waals surface area (Å²) in [6, 6.07) is 14.6. The molecule has 0 aliphatic rings. The van der Waals surface area contributed by atoms with Gasteiger partial charge in [-0.25, -0.2) is 10.2 Å². The number of nitrogens with one attached hydrogen (secondary N) is 1. The molecule has 1 aromatic heterocycles. The fourth-order valence-electron chi connectivity index (χ4n) is 2.55. The number of non-ortho nitro benzene ring substituents is 1. The van der Waals surface area contributed by atoms with E-state index in [-0.39, 0.29) is 11.4 Å². The number of methoxy groups -OCH3 is 1. The van der Waals surface area contributed by atoms with Crippen molar-refractivity contribution in [3.63, 3.8) is 0 Å². The van der Waals surface area contributed by atoms with E-state index in [1.807, 2.05) is 12.1 Å². The van der Waals surface area contributed by atoms with Gasteiger partial charge in [-0.05, 0) is 49.4 Å². The summed E-state index contributed by atoms with van der Waals surface area (Å²) in [6.07, 6.45) is 0. The monoisotopic (exact) mass is 382 g/mol. The number of amides is 1. The molecule has 0 saturated carbocycles. The molecule has 0 saturated heterocycles. The molecule has 0 spiro atoms. The topological polar surface area (TPSA) is 109 Å². The van der Waals surface area contributed by atoms with Gasteiger partial charge in [-0.15, -0.1) is 0 Å². The lowest BCUT2D eigenvalue weighted by atomic mass is 10.1. The van der Waals surface area contributed by atoms with Gasteiger partial charge in [0.25, 0.3) is 11.6 Å². The largest absolute Gasteiger partial charge is 0.497 e. The zero-order chi connectivity index (χ0) is 20.1. The molecule has 144 valence electrons. The van der Waals surface area contributed by atoms with E-state index < -0.39 is 10.8 Å². The van der Waals surface area contributed by atoms with Crippen molar-refractivity contribution in [1.82, 2.24) is 15.3 Å². The molecule has 0 aliphatic carbocycles. The van der Waals surface area contributed by atoms with Crippen LogP contribution in [-0.4, -0.2) is 34.3 Å². The third kappa shape index (κ3) is 3.99. The van der Waals surface area contributed by atoms with Crippen molar-refractivity contribution in [1.29, 1.82) is 0 Å². The standard InChI is InChI=1S/C19H18N4O5/c1-3-28-21-19(24)18-12-17(13-4-10-16(27-2)11-5-13)20-22(18)14-6-8-15(9-7-14)23(25)26/h4-12H,3H2,1-2H3,(H,21,24). The first-order valence-electron chi connectivity index (χ1n) is 8.45. The Morgan fingerprint density at radius 2 is 1.86 bits per heavy atom. The van der Waals surface area contributed by atoms with E-state index in [2.05, 4.69) is 10.6 Å². The number of rotatable bonds is 7. The van der Waals surface area contributed by atoms with Gasteiger partial charge in [-0.2, -0.15) is 5.10 Å². The molecule has 28 heavy (non-hydrogen) atoms. The number of ether oxygens (including phenoxy) is 1. The molecule has 0 radical (unpaired) electrons. The van der Waals surface area contributed by atoms with Crippen molar-refractivity contribution in [3.05, 3.63) is 70.4 Å². The smallest absolute Gasteiger partial charge is 0.293 e. The highest BCUT2D eigenvalue weighted by molar-refractivity contribution is 5.93. The maximum Gasteiger partial charge on any atom is 0.293 e. The Labute approximate surface area is 160 Å². The molecule has 2 aromatic carbocycles. The SMILES string of the molecule is CCONC(=O)c1cc(-c2ccc(OC)cc2)nn1-c1ccc([N+](=O)[O-])cc1. The number of nitro benzene ring substituents is 1. The predicted octanol–water partition coefficient (Wildman–Crippen LogP) is 3.14. The Hall–Kier alpha value is -3.72. The Morgan fingerprint density at radius 3 is 2.43 bits per heavy atom. The third-order valence-corrected chi connectivity index (χ3v) is 3.94. The molecule has 0 fully saturated rings. The Balaban J connectivity index is 2.03. The zero-order valence-electron chi connectivity index (χ0n) is 15.3. The molecule has 3 aromatic rings. The Kier molecular flexibility index (Phi) is 5.66. The second-order valence-electron chi connectivity index (χ2n) is 5.69. The summed E-state index contributed by atoms with van der Waals surface area (Å²) < 4.78 is 6.57. The first kappa shape index (κ1) is 19.1. The zero-order valence-corrected chi connectivity index (χ0v) is 15.3. The molecule has 0 atom stereocenters. The van der Waals surface area contributed by atoms with Crippen LogP contribution in [0, 0.1) is 10.1 Å². The fraction of sp³-hybridized carbons (Fsp3) is 0.158. The molecular formula is C19H18N4O5. The average Bonchev–Trinajstić information content (AvgIpc) is 3.17. The van der Waals surface area contributed by atoms with Gasteiger partial charge in [-0.1, -0.05) is 0 Å². The minimum Gasteiger partial charge on any atom is -0.497 e. The molecule has 0 bridgehead atoms. The summed E-state index contributed by atoms with van der Waals surface area (Å²) in [5, 5.41) is 15.4. The number of hydrogen-bond acceptors (Lipinski definition) is 6. The number of benzene rings is 2. The van der Waals surface area contributed by atoms with Crippen LogP contribution in [0.1, 0.15) is 17.4 Å². The summed E-state index contributed by atoms with van der Waals surface area (Å²) >= 11 is 0. The van der Waals surface area contributed by atoms with E-state index >= 15 is 0 Å². The predicted molar refractivity (Wildman–Crippen MR) is 101 cm³/mol. The summed E-state index contributed by atoms with van der Waals surface area (Å²) in [7, 11) is 1.58. The normalized spacial score (nSPS) is 10.5. The van der Waals surface area contributed by atoms with E-state index in [0.717, 1.165) is 5.56 Å². The number of carbonyl (C=O) groups is 1. The molecule has 0 aliphatic heterocycles. The number of hydroxylamine groups is 1. The van der Waals surface area contributed by atoms with Gasteiger partial charge in [-0.3, -0.25) is 19.7 Å². The Morgan fingerprint density at radius 1 is 1.18 bits per heavy atom. The van der Waals surface area contributed by atoms with E-state index in [0.29, 0.717) is 23.7 Å². The number of nitro groups is 1. The minimum absolute atomic E-state index is 0.0494. The van der Waals surface area contributed by atoms with Crippen LogP contribution in [0.2, 0.25) is 0 Å². The maximum absolute atomic E-state index is 12.5. The maximum atomic E-state index is 12.5. The third-order valence-electron chi connectivity index (χ3n) is 3.94. The highest BCUT2D eigenvalue weighted by atomic mass is 16.6. The molecule has 1 N–H and O–H groups in total. The van der Waals surface area contributed by atoms with Crippen LogP contribution >= 0.6 is 0 Å². The number of aromatic nitrogens is 2. The van der Waals surface area contributed by atoms with Crippen molar-refractivity contribution < 1.29 is 19.3 Å². The Bertz CT molecular complexity index is 981. The van der Waals surface area contributed by atoms with E-state index in [4.69, 9.17) is 9.57 Å². The van der Waals surface area contributed by atoms with Crippen LogP contribution < -0.4 is 10.2 Å². The van der Waals surface area contributed by atoms with Gasteiger partial charge >= 0.3 is 0 Å². The van der Waals surface area contributed by atoms with Crippen molar-refractivity contribution in [2.24, 2.45) is 0 Å². The van der Waals surface area contributed by atoms with Crippen LogP contribution in [0.5, 0.6) is 5.75 Å². The first-order chi connectivity index (χ1) is 13.5. The number of nitrogens with zero attached hydrogens (tertiary/aromatic N) is 3. The molecule has 1 amide bonds. The number of hydrogen-bond donors (Lipinski definition) is 1. The molecular weight excluding hydrogens is 364 g/mol. The van der Waals surface area contributed by atoms with Crippen LogP contribution in [0.3, 0.4) is 0 Å². The van der Waals surface area contributed by atoms with Gasteiger partial charge < -0.3 is 4.74 Å². The second-order valence-corrected chi connectivity index (χ2v) is 5.69. The van der Waals surface area contributed by atoms with Gasteiger partial charge in [0, 0.05) is 17.7 Å². The van der Waals surface area contributed by atoms with E-state index in [1.54, 1.807) is 32.2 Å². The summed E-state index contributed by atoms with van der Waals surface area (Å²) in [6.45, 7) is 2.05. The minimum atomic E-state index is -0.488. The highest BCUT2D eigenvalue weighted by Crippen LogP contribution is 2.25. The van der Waals surface area contributed by atoms with Crippen LogP contribution in [0.25, 0.3) is 16.9 Å². The van der Waals surface area contributed by atoms with Crippen molar-refractivity contribution in [2.75, 3.05) is 13.7 Å². The van der Waals surface area contributed by atoms with Gasteiger partial charge in [0.15, 0.2) is 0 Å². The van der Waals surface area contributed by atoms with Gasteiger partial charge in [0.05, 0.1) is 30.0 Å². The van der Waals surface area contributed by atoms with E-state index in [9.17, 15) is 14.9 Å². The van der Waals surface area contributed by atoms with Crippen LogP contribution in [0.15, 0.2) is 54.6 Å². The lowest BCUT2D eigenvalue weighted by Gasteiger charge is -2.07. The second kappa shape index (κ2) is 8.31. The molecule has 0 unspecified atom stereocenters. The van der Waals surface area contributed by atoms with Crippen molar-refractivity contribution in [2.45, 2.75) is 6.92 Å². The molecule has 9 nitrogen and oxygen atoms in total. The summed E-state index contributed by atoms with van der Waals surface area (Å²) in [5.74, 6) is 0.223. The lowest BCUT2D eigenvalue weighted by Crippen LogP contribution is -2.26. The average molecular weight is 382 g/mol. The molecule has 1 heterocycles. The van der Waals surface area contributed by atoms with Crippen molar-refractivity contribution in [3.8, 4) is 22.7 Å². The van der Waals surface area contributed by atoms with Gasteiger partial charge in [0.1, 0.15) is 11.4 Å². The quantitative estimate of drug-likeness (QED) is 0.497. The lowest BCUT2D eigenvalue weighted by molar-refractivity contribution is -0.384. The summed E-state index contributed by atoms with van der Waals surface area (Å²) in [5.41, 5.74) is 4.37. The van der Waals surface area contributed by atoms with E-state index in [1.165, 1.54) is 28.9 Å². The van der Waals surface area contributed by atoms with Crippen molar-refractivity contribution >= 4 is 11.6 Å². The van der Waals surface area contributed by atoms with Crippen LogP contribution in [-0.2, 0) is 4.84 Å². The highest BCUT2D eigenvalue weighted by Gasteiger charge is 2.18. The number of carbonyl (C=O) groups excluding carboxylic acids is 1. The fourth-order valence-corrected chi connectivity index (χ4v) is 2.55. The first-order valence-corrected chi connectivity index (χ1v) is 8.45. The van der Waals surface area contributed by atoms with Gasteiger partial charge in [0.2, 0.25) is 0 Å².